The molecule has 2 aromatic rings. The fraction of sp³-hybridized carbons (Fsp3) is 0.581. The monoisotopic (exact) mass is 567 g/mol. The molecule has 0 aromatic heterocycles. The van der Waals surface area contributed by atoms with E-state index >= 15 is 0 Å². The highest BCUT2D eigenvalue weighted by Gasteiger charge is 2.68. The number of hydrogen-bond donors (Lipinski definition) is 1. The third-order valence-corrected chi connectivity index (χ3v) is 13.3. The van der Waals surface area contributed by atoms with E-state index in [-0.39, 0.29) is 23.7 Å². The second kappa shape index (κ2) is 11.3. The third-order valence-electron chi connectivity index (χ3n) is 9.20. The van der Waals surface area contributed by atoms with Crippen LogP contribution in [0.15, 0.2) is 60.7 Å². The van der Waals surface area contributed by atoms with Gasteiger partial charge in [-0.15, -0.1) is 0 Å². The van der Waals surface area contributed by atoms with Crippen molar-refractivity contribution in [1.82, 2.24) is 5.23 Å². The summed E-state index contributed by atoms with van der Waals surface area (Å²) in [7, 11) is -2.33. The van der Waals surface area contributed by atoms with Crippen LogP contribution in [-0.2, 0) is 28.7 Å². The molecule has 1 unspecified atom stereocenters. The van der Waals surface area contributed by atoms with Crippen LogP contribution in [-0.4, -0.2) is 67.4 Å². The first-order valence-electron chi connectivity index (χ1n) is 14.7. The summed E-state index contributed by atoms with van der Waals surface area (Å²) >= 11 is 0. The smallest absolute Gasteiger partial charge is 0.338 e. The SMILES string of the molecule is CC(C)OC(=O)[C@@H]1ON2O[C@H](O[C@@H]3CCCC[C@H]3c3ccccc3)[C@@H]([Si](C)(C)c3ccccc3)[C@H]3OC(O)[C@@H]1[C@H]32. The number of ether oxygens (including phenoxy) is 3. The van der Waals surface area contributed by atoms with Gasteiger partial charge in [-0.05, 0) is 32.3 Å². The standard InChI is InChI=1S/C31H41NO7Si/c1-19(2)35-30(34)26-24-25-27(37-29(24)33)28(40(3,4)21-15-9-6-10-16-21)31(39-32(25)38-26)36-23-18-12-11-17-22(23)20-13-7-5-8-14-20/h5-10,13-16,19,22-29,31,33H,11-12,17-18H2,1-4H3/t22-,23+,24+,25+,26+,27-,28-,29?,31-/m0/s1. The maximum absolute atomic E-state index is 13.0. The Morgan fingerprint density at radius 2 is 1.68 bits per heavy atom. The normalized spacial score (nSPS) is 36.0. The molecule has 9 heteroatoms. The Hall–Kier alpha value is -2.11. The lowest BCUT2D eigenvalue weighted by Crippen LogP contribution is -2.63. The highest BCUT2D eigenvalue weighted by atomic mass is 28.3. The van der Waals surface area contributed by atoms with Crippen molar-refractivity contribution in [3.05, 3.63) is 66.2 Å². The predicted molar refractivity (Wildman–Crippen MR) is 151 cm³/mol. The molecular formula is C31H41NO7Si. The average molecular weight is 568 g/mol. The minimum atomic E-state index is -2.33. The summed E-state index contributed by atoms with van der Waals surface area (Å²) in [5, 5.41) is 13.8. The van der Waals surface area contributed by atoms with E-state index in [1.165, 1.54) is 16.0 Å². The van der Waals surface area contributed by atoms with Gasteiger partial charge in [0.25, 0.3) is 0 Å². The van der Waals surface area contributed by atoms with Crippen LogP contribution in [0.2, 0.25) is 18.6 Å². The Morgan fingerprint density at radius 3 is 2.38 bits per heavy atom. The number of rotatable bonds is 7. The summed E-state index contributed by atoms with van der Waals surface area (Å²) < 4.78 is 18.8. The molecule has 3 aliphatic heterocycles. The van der Waals surface area contributed by atoms with E-state index < -0.39 is 50.8 Å². The fourth-order valence-electron chi connectivity index (χ4n) is 7.21. The summed E-state index contributed by atoms with van der Waals surface area (Å²) in [5.41, 5.74) is 1.12. The topological polar surface area (TPSA) is 86.7 Å². The maximum atomic E-state index is 13.0. The van der Waals surface area contributed by atoms with Crippen LogP contribution >= 0.6 is 0 Å². The molecule has 9 atom stereocenters. The second-order valence-electron chi connectivity index (χ2n) is 12.4. The number of carbonyl (C=O) groups excluding carboxylic acids is 1. The zero-order chi connectivity index (χ0) is 28.0. The van der Waals surface area contributed by atoms with Gasteiger partial charge >= 0.3 is 5.97 Å². The molecule has 1 aliphatic carbocycles. The minimum absolute atomic E-state index is 0.0350. The summed E-state index contributed by atoms with van der Waals surface area (Å²) in [4.78, 5) is 25.6. The largest absolute Gasteiger partial charge is 0.461 e. The number of hydrogen-bond acceptors (Lipinski definition) is 8. The van der Waals surface area contributed by atoms with Gasteiger partial charge < -0.3 is 19.3 Å². The first kappa shape index (κ1) is 28.0. The van der Waals surface area contributed by atoms with E-state index in [1.54, 1.807) is 13.8 Å². The molecule has 3 heterocycles. The van der Waals surface area contributed by atoms with Gasteiger partial charge in [-0.3, -0.25) is 4.84 Å². The molecule has 1 saturated carbocycles. The quantitative estimate of drug-likeness (QED) is 0.393. The second-order valence-corrected chi connectivity index (χ2v) is 17.1. The van der Waals surface area contributed by atoms with Crippen LogP contribution in [0.4, 0.5) is 0 Å². The van der Waals surface area contributed by atoms with Gasteiger partial charge in [-0.25, -0.2) is 9.63 Å². The summed E-state index contributed by atoms with van der Waals surface area (Å²) in [5.74, 6) is -0.882. The molecule has 0 radical (unpaired) electrons. The van der Waals surface area contributed by atoms with Crippen LogP contribution in [0, 0.1) is 5.92 Å². The van der Waals surface area contributed by atoms with Crippen molar-refractivity contribution in [2.75, 3.05) is 0 Å². The summed E-state index contributed by atoms with van der Waals surface area (Å²) in [6.07, 6.45) is 0.613. The van der Waals surface area contributed by atoms with E-state index in [2.05, 4.69) is 61.6 Å². The van der Waals surface area contributed by atoms with Crippen LogP contribution in [0.5, 0.6) is 0 Å². The number of benzene rings is 2. The Labute approximate surface area is 237 Å². The van der Waals surface area contributed by atoms with Crippen LogP contribution in [0.1, 0.15) is 51.0 Å². The number of esters is 1. The zero-order valence-electron chi connectivity index (χ0n) is 23.7. The molecule has 40 heavy (non-hydrogen) atoms. The maximum Gasteiger partial charge on any atom is 0.338 e. The van der Waals surface area contributed by atoms with E-state index in [9.17, 15) is 9.90 Å². The minimum Gasteiger partial charge on any atom is -0.461 e. The van der Waals surface area contributed by atoms with Crippen molar-refractivity contribution in [1.29, 1.82) is 0 Å². The zero-order valence-corrected chi connectivity index (χ0v) is 24.7. The number of aliphatic hydroxyl groups is 1. The van der Waals surface area contributed by atoms with Gasteiger partial charge in [-0.2, -0.15) is 0 Å². The summed E-state index contributed by atoms with van der Waals surface area (Å²) in [6, 6.07) is 20.6. The van der Waals surface area contributed by atoms with E-state index in [0.29, 0.717) is 0 Å². The van der Waals surface area contributed by atoms with Gasteiger partial charge in [0.15, 0.2) is 18.7 Å². The molecule has 4 aliphatic rings. The molecule has 0 bridgehead atoms. The Balaban J connectivity index is 1.35. The first-order valence-corrected chi connectivity index (χ1v) is 17.8. The van der Waals surface area contributed by atoms with Crippen LogP contribution < -0.4 is 5.19 Å². The molecule has 0 spiro atoms. The number of hydroxylamine groups is 2. The molecule has 0 amide bonds. The highest BCUT2D eigenvalue weighted by molar-refractivity contribution is 6.91. The van der Waals surface area contributed by atoms with Crippen molar-refractivity contribution in [3.63, 3.8) is 0 Å². The number of carbonyl (C=O) groups is 1. The fourth-order valence-corrected chi connectivity index (χ4v) is 10.6. The van der Waals surface area contributed by atoms with Crippen molar-refractivity contribution < 1.29 is 33.8 Å². The molecule has 3 saturated heterocycles. The van der Waals surface area contributed by atoms with Gasteiger partial charge in [0.2, 0.25) is 0 Å². The van der Waals surface area contributed by atoms with Gasteiger partial charge in [0.05, 0.1) is 32.3 Å². The third kappa shape index (κ3) is 5.06. The van der Waals surface area contributed by atoms with Crippen LogP contribution in [0.25, 0.3) is 0 Å². The van der Waals surface area contributed by atoms with Crippen molar-refractivity contribution in [2.24, 2.45) is 5.92 Å². The lowest BCUT2D eigenvalue weighted by Gasteiger charge is -2.49. The van der Waals surface area contributed by atoms with Crippen LogP contribution in [0.3, 0.4) is 0 Å². The van der Waals surface area contributed by atoms with Gasteiger partial charge in [0, 0.05) is 11.5 Å². The van der Waals surface area contributed by atoms with Crippen molar-refractivity contribution in [3.8, 4) is 0 Å². The molecule has 2 aromatic carbocycles. The van der Waals surface area contributed by atoms with Crippen molar-refractivity contribution in [2.45, 2.75) is 107 Å². The molecule has 4 fully saturated rings. The molecule has 216 valence electrons. The molecule has 6 rings (SSSR count). The first-order chi connectivity index (χ1) is 19.3. The Bertz CT molecular complexity index is 1160. The van der Waals surface area contributed by atoms with Gasteiger partial charge in [-0.1, -0.05) is 97.0 Å². The average Bonchev–Trinajstić information content (AvgIpc) is 3.50. The summed E-state index contributed by atoms with van der Waals surface area (Å²) in [6.45, 7) is 8.20. The Morgan fingerprint density at radius 1 is 1.00 bits per heavy atom. The van der Waals surface area contributed by atoms with Crippen molar-refractivity contribution >= 4 is 19.2 Å². The number of aliphatic hydroxyl groups excluding tert-OH is 1. The van der Waals surface area contributed by atoms with E-state index in [4.69, 9.17) is 23.9 Å². The Kier molecular flexibility index (Phi) is 7.91. The molecule has 1 N–H and O–H groups in total. The highest BCUT2D eigenvalue weighted by Crippen LogP contribution is 2.52. The molecular weight excluding hydrogens is 526 g/mol. The predicted octanol–water partition coefficient (Wildman–Crippen LogP) is 4.26. The molecule has 8 nitrogen and oxygen atoms in total. The number of nitrogens with zero attached hydrogens (tertiary/aromatic N) is 1. The van der Waals surface area contributed by atoms with E-state index in [0.717, 1.165) is 25.7 Å². The van der Waals surface area contributed by atoms with Gasteiger partial charge in [0.1, 0.15) is 6.04 Å². The lowest BCUT2D eigenvalue weighted by molar-refractivity contribution is -0.448. The van der Waals surface area contributed by atoms with E-state index in [1.807, 2.05) is 12.1 Å². The lowest BCUT2D eigenvalue weighted by atomic mass is 9.81.